The van der Waals surface area contributed by atoms with Crippen LogP contribution in [0.2, 0.25) is 0 Å². The standard InChI is InChI=1S/C9H17NO2/c1-9(2)11-5-6-3-7(10)4-8(6)12-9/h6-8H,3-5,10H2,1-2H3. The van der Waals surface area contributed by atoms with Crippen LogP contribution < -0.4 is 5.73 Å². The highest BCUT2D eigenvalue weighted by atomic mass is 16.7. The van der Waals surface area contributed by atoms with Gasteiger partial charge in [0.05, 0.1) is 12.7 Å². The molecule has 2 aliphatic rings. The number of hydrogen-bond acceptors (Lipinski definition) is 3. The molecule has 1 aliphatic carbocycles. The van der Waals surface area contributed by atoms with Gasteiger partial charge in [-0.3, -0.25) is 0 Å². The third kappa shape index (κ3) is 1.49. The Balaban J connectivity index is 2.02. The Morgan fingerprint density at radius 2 is 2.08 bits per heavy atom. The molecule has 70 valence electrons. The number of hydrogen-bond donors (Lipinski definition) is 1. The monoisotopic (exact) mass is 171 g/mol. The molecule has 1 saturated heterocycles. The Hall–Kier alpha value is -0.120. The third-order valence-corrected chi connectivity index (χ3v) is 2.75. The van der Waals surface area contributed by atoms with Crippen LogP contribution in [0.4, 0.5) is 0 Å². The van der Waals surface area contributed by atoms with Gasteiger partial charge < -0.3 is 15.2 Å². The molecule has 0 radical (unpaired) electrons. The average molecular weight is 171 g/mol. The number of ether oxygens (including phenoxy) is 2. The smallest absolute Gasteiger partial charge is 0.163 e. The van der Waals surface area contributed by atoms with E-state index in [9.17, 15) is 0 Å². The average Bonchev–Trinajstić information content (AvgIpc) is 2.26. The lowest BCUT2D eigenvalue weighted by Gasteiger charge is -2.37. The second kappa shape index (κ2) is 2.69. The minimum atomic E-state index is -0.398. The van der Waals surface area contributed by atoms with Crippen LogP contribution in [0.15, 0.2) is 0 Å². The summed E-state index contributed by atoms with van der Waals surface area (Å²) < 4.78 is 11.3. The van der Waals surface area contributed by atoms with Gasteiger partial charge in [0.2, 0.25) is 0 Å². The molecule has 1 saturated carbocycles. The van der Waals surface area contributed by atoms with Crippen LogP contribution >= 0.6 is 0 Å². The SMILES string of the molecule is CC1(C)OCC2CC(N)CC2O1. The first-order chi connectivity index (χ1) is 5.57. The second-order valence-electron chi connectivity index (χ2n) is 4.36. The zero-order chi connectivity index (χ0) is 8.77. The lowest BCUT2D eigenvalue weighted by atomic mass is 10.1. The highest BCUT2D eigenvalue weighted by molar-refractivity contribution is 4.89. The molecule has 2 N–H and O–H groups in total. The van der Waals surface area contributed by atoms with Gasteiger partial charge in [-0.1, -0.05) is 0 Å². The van der Waals surface area contributed by atoms with E-state index in [1.807, 2.05) is 13.8 Å². The van der Waals surface area contributed by atoms with Crippen LogP contribution in [0, 0.1) is 5.92 Å². The maximum absolute atomic E-state index is 5.85. The van der Waals surface area contributed by atoms with E-state index in [4.69, 9.17) is 15.2 Å². The maximum Gasteiger partial charge on any atom is 0.163 e. The lowest BCUT2D eigenvalue weighted by Crippen LogP contribution is -2.43. The van der Waals surface area contributed by atoms with Crippen LogP contribution in [0.5, 0.6) is 0 Å². The summed E-state index contributed by atoms with van der Waals surface area (Å²) in [5, 5.41) is 0. The summed E-state index contributed by atoms with van der Waals surface area (Å²) >= 11 is 0. The molecule has 1 heterocycles. The number of rotatable bonds is 0. The van der Waals surface area contributed by atoms with E-state index in [0.29, 0.717) is 18.1 Å². The Bertz CT molecular complexity index is 181. The van der Waals surface area contributed by atoms with Crippen molar-refractivity contribution in [2.24, 2.45) is 11.7 Å². The normalized spacial score (nSPS) is 45.8. The van der Waals surface area contributed by atoms with Crippen LogP contribution in [0.25, 0.3) is 0 Å². The van der Waals surface area contributed by atoms with Crippen molar-refractivity contribution in [3.63, 3.8) is 0 Å². The van der Waals surface area contributed by atoms with Gasteiger partial charge in [-0.25, -0.2) is 0 Å². The number of fused-ring (bicyclic) bond motifs is 1. The summed E-state index contributed by atoms with van der Waals surface area (Å²) in [4.78, 5) is 0. The largest absolute Gasteiger partial charge is 0.350 e. The zero-order valence-corrected chi connectivity index (χ0v) is 7.75. The summed E-state index contributed by atoms with van der Waals surface area (Å²) in [5.74, 6) is 0.138. The van der Waals surface area contributed by atoms with Crippen molar-refractivity contribution in [1.29, 1.82) is 0 Å². The van der Waals surface area contributed by atoms with Crippen molar-refractivity contribution >= 4 is 0 Å². The van der Waals surface area contributed by atoms with Crippen molar-refractivity contribution in [3.8, 4) is 0 Å². The fourth-order valence-electron chi connectivity index (χ4n) is 2.15. The van der Waals surface area contributed by atoms with Crippen molar-refractivity contribution in [1.82, 2.24) is 0 Å². The number of nitrogens with two attached hydrogens (primary N) is 1. The van der Waals surface area contributed by atoms with Gasteiger partial charge in [0.1, 0.15) is 0 Å². The fourth-order valence-corrected chi connectivity index (χ4v) is 2.15. The van der Waals surface area contributed by atoms with E-state index in [1.54, 1.807) is 0 Å². The lowest BCUT2D eigenvalue weighted by molar-refractivity contribution is -0.286. The van der Waals surface area contributed by atoms with Gasteiger partial charge >= 0.3 is 0 Å². The molecule has 3 heteroatoms. The molecule has 0 aromatic carbocycles. The summed E-state index contributed by atoms with van der Waals surface area (Å²) in [5.41, 5.74) is 5.85. The molecule has 2 rings (SSSR count). The molecule has 0 aromatic rings. The molecular weight excluding hydrogens is 154 g/mol. The van der Waals surface area contributed by atoms with Gasteiger partial charge in [-0.15, -0.1) is 0 Å². The highest BCUT2D eigenvalue weighted by Gasteiger charge is 2.41. The van der Waals surface area contributed by atoms with Gasteiger partial charge in [-0.05, 0) is 26.7 Å². The molecule has 0 amide bonds. The molecule has 12 heavy (non-hydrogen) atoms. The molecular formula is C9H17NO2. The first kappa shape index (κ1) is 8.48. The summed E-state index contributed by atoms with van der Waals surface area (Å²) in [6, 6.07) is 0.317. The predicted molar refractivity (Wildman–Crippen MR) is 45.6 cm³/mol. The first-order valence-electron chi connectivity index (χ1n) is 4.64. The highest BCUT2D eigenvalue weighted by Crippen LogP contribution is 2.36. The Labute approximate surface area is 73.2 Å². The topological polar surface area (TPSA) is 44.5 Å². The van der Waals surface area contributed by atoms with E-state index in [1.165, 1.54) is 0 Å². The quantitative estimate of drug-likeness (QED) is 0.588. The predicted octanol–water partition coefficient (Wildman–Crippen LogP) is 0.875. The molecule has 1 aliphatic heterocycles. The van der Waals surface area contributed by atoms with Crippen LogP contribution in [-0.2, 0) is 9.47 Å². The molecule has 0 aromatic heterocycles. The molecule has 3 unspecified atom stereocenters. The Kier molecular flexibility index (Phi) is 1.90. The molecule has 0 spiro atoms. The molecule has 0 bridgehead atoms. The zero-order valence-electron chi connectivity index (χ0n) is 7.75. The van der Waals surface area contributed by atoms with Gasteiger partial charge in [-0.2, -0.15) is 0 Å². The van der Waals surface area contributed by atoms with E-state index in [2.05, 4.69) is 0 Å². The van der Waals surface area contributed by atoms with E-state index < -0.39 is 5.79 Å². The van der Waals surface area contributed by atoms with Crippen molar-refractivity contribution in [3.05, 3.63) is 0 Å². The third-order valence-electron chi connectivity index (χ3n) is 2.75. The van der Waals surface area contributed by atoms with Crippen molar-refractivity contribution in [2.75, 3.05) is 6.61 Å². The van der Waals surface area contributed by atoms with E-state index in [0.717, 1.165) is 19.4 Å². The van der Waals surface area contributed by atoms with E-state index in [-0.39, 0.29) is 0 Å². The fraction of sp³-hybridized carbons (Fsp3) is 1.00. The van der Waals surface area contributed by atoms with Crippen LogP contribution in [0.3, 0.4) is 0 Å². The molecule has 3 nitrogen and oxygen atoms in total. The van der Waals surface area contributed by atoms with Crippen molar-refractivity contribution < 1.29 is 9.47 Å². The van der Waals surface area contributed by atoms with Gasteiger partial charge in [0, 0.05) is 12.0 Å². The van der Waals surface area contributed by atoms with Crippen LogP contribution in [0.1, 0.15) is 26.7 Å². The second-order valence-corrected chi connectivity index (χ2v) is 4.36. The first-order valence-corrected chi connectivity index (χ1v) is 4.64. The van der Waals surface area contributed by atoms with Gasteiger partial charge in [0.15, 0.2) is 5.79 Å². The van der Waals surface area contributed by atoms with Crippen molar-refractivity contribution in [2.45, 2.75) is 44.6 Å². The van der Waals surface area contributed by atoms with Crippen LogP contribution in [-0.4, -0.2) is 24.5 Å². The summed E-state index contributed by atoms with van der Waals surface area (Å²) in [6.45, 7) is 4.74. The van der Waals surface area contributed by atoms with Gasteiger partial charge in [0.25, 0.3) is 0 Å². The summed E-state index contributed by atoms with van der Waals surface area (Å²) in [7, 11) is 0. The maximum atomic E-state index is 5.85. The summed E-state index contributed by atoms with van der Waals surface area (Å²) in [6.07, 6.45) is 2.39. The Morgan fingerprint density at radius 3 is 2.83 bits per heavy atom. The minimum absolute atomic E-state index is 0.317. The minimum Gasteiger partial charge on any atom is -0.350 e. The molecule has 3 atom stereocenters. The van der Waals surface area contributed by atoms with E-state index >= 15 is 0 Å². The molecule has 2 fully saturated rings. The Morgan fingerprint density at radius 1 is 1.33 bits per heavy atom.